The first-order valence-corrected chi connectivity index (χ1v) is 8.80. The summed E-state index contributed by atoms with van der Waals surface area (Å²) in [5.41, 5.74) is 1.43. The molecule has 1 aliphatic rings. The van der Waals surface area contributed by atoms with Crippen molar-refractivity contribution in [1.29, 1.82) is 0 Å². The van der Waals surface area contributed by atoms with E-state index >= 15 is 0 Å². The maximum Gasteiger partial charge on any atom is 0.0948 e. The van der Waals surface area contributed by atoms with Gasteiger partial charge in [-0.15, -0.1) is 0 Å². The predicted octanol–water partition coefficient (Wildman–Crippen LogP) is 3.99. The Balaban J connectivity index is 1.75. The van der Waals surface area contributed by atoms with Crippen LogP contribution >= 0.6 is 0 Å². The SMILES string of the molecule is OC(CCN1CCCCC1)(Cc1ccccc1)c1ccccc1. The van der Waals surface area contributed by atoms with E-state index in [1.165, 1.54) is 37.9 Å². The third-order valence-corrected chi connectivity index (χ3v) is 4.94. The highest BCUT2D eigenvalue weighted by Gasteiger charge is 2.30. The van der Waals surface area contributed by atoms with Gasteiger partial charge in [0.1, 0.15) is 0 Å². The summed E-state index contributed by atoms with van der Waals surface area (Å²) < 4.78 is 0. The van der Waals surface area contributed by atoms with Crippen LogP contribution in [0.2, 0.25) is 0 Å². The molecule has 0 aromatic heterocycles. The van der Waals surface area contributed by atoms with E-state index in [0.717, 1.165) is 18.5 Å². The van der Waals surface area contributed by atoms with E-state index < -0.39 is 5.60 Å². The Morgan fingerprint density at radius 1 is 0.826 bits per heavy atom. The van der Waals surface area contributed by atoms with Gasteiger partial charge >= 0.3 is 0 Å². The summed E-state index contributed by atoms with van der Waals surface area (Å²) in [6, 6.07) is 20.5. The minimum atomic E-state index is -0.792. The molecule has 0 aliphatic carbocycles. The van der Waals surface area contributed by atoms with Gasteiger partial charge in [0.2, 0.25) is 0 Å². The lowest BCUT2D eigenvalue weighted by atomic mass is 9.84. The topological polar surface area (TPSA) is 23.5 Å². The van der Waals surface area contributed by atoms with E-state index in [1.54, 1.807) is 0 Å². The molecule has 1 aliphatic heterocycles. The number of rotatable bonds is 6. The Labute approximate surface area is 139 Å². The molecule has 0 saturated carbocycles. The maximum atomic E-state index is 11.4. The minimum Gasteiger partial charge on any atom is -0.385 e. The number of hydrogen-bond donors (Lipinski definition) is 1. The van der Waals surface area contributed by atoms with Crippen molar-refractivity contribution >= 4 is 0 Å². The Morgan fingerprint density at radius 2 is 1.43 bits per heavy atom. The van der Waals surface area contributed by atoms with E-state index in [1.807, 2.05) is 36.4 Å². The molecule has 1 atom stereocenters. The van der Waals surface area contributed by atoms with Crippen LogP contribution in [0.5, 0.6) is 0 Å². The molecular formula is C21H27NO. The van der Waals surface area contributed by atoms with E-state index in [9.17, 15) is 5.11 Å². The lowest BCUT2D eigenvalue weighted by Gasteiger charge is -2.33. The number of nitrogens with zero attached hydrogens (tertiary/aromatic N) is 1. The van der Waals surface area contributed by atoms with Crippen LogP contribution in [-0.2, 0) is 12.0 Å². The van der Waals surface area contributed by atoms with Crippen molar-refractivity contribution in [1.82, 2.24) is 4.90 Å². The van der Waals surface area contributed by atoms with Crippen LogP contribution in [-0.4, -0.2) is 29.6 Å². The van der Waals surface area contributed by atoms with Crippen molar-refractivity contribution in [3.63, 3.8) is 0 Å². The second kappa shape index (κ2) is 7.76. The highest BCUT2D eigenvalue weighted by molar-refractivity contribution is 5.27. The number of aliphatic hydroxyl groups is 1. The van der Waals surface area contributed by atoms with Crippen molar-refractivity contribution in [3.05, 3.63) is 71.8 Å². The fraction of sp³-hybridized carbons (Fsp3) is 0.429. The number of hydrogen-bond acceptors (Lipinski definition) is 2. The van der Waals surface area contributed by atoms with Gasteiger partial charge in [0.25, 0.3) is 0 Å². The molecule has 0 spiro atoms. The zero-order valence-electron chi connectivity index (χ0n) is 13.8. The molecular weight excluding hydrogens is 282 g/mol. The monoisotopic (exact) mass is 309 g/mol. The Hall–Kier alpha value is -1.64. The van der Waals surface area contributed by atoms with Gasteiger partial charge in [-0.3, -0.25) is 0 Å². The van der Waals surface area contributed by atoms with Crippen LogP contribution in [0.3, 0.4) is 0 Å². The molecule has 2 nitrogen and oxygen atoms in total. The summed E-state index contributed by atoms with van der Waals surface area (Å²) in [6.07, 6.45) is 5.39. The molecule has 1 N–H and O–H groups in total. The second-order valence-electron chi connectivity index (χ2n) is 6.71. The second-order valence-corrected chi connectivity index (χ2v) is 6.71. The van der Waals surface area contributed by atoms with Gasteiger partial charge in [-0.2, -0.15) is 0 Å². The molecule has 122 valence electrons. The summed E-state index contributed by atoms with van der Waals surface area (Å²) >= 11 is 0. The Morgan fingerprint density at radius 3 is 2.09 bits per heavy atom. The summed E-state index contributed by atoms with van der Waals surface area (Å²) in [7, 11) is 0. The quantitative estimate of drug-likeness (QED) is 0.872. The molecule has 1 heterocycles. The van der Waals surface area contributed by atoms with Crippen LogP contribution < -0.4 is 0 Å². The normalized spacial score (nSPS) is 18.5. The first-order chi connectivity index (χ1) is 11.3. The van der Waals surface area contributed by atoms with Crippen molar-refractivity contribution in [3.8, 4) is 0 Å². The summed E-state index contributed by atoms with van der Waals surface area (Å²) in [6.45, 7) is 3.32. The van der Waals surface area contributed by atoms with E-state index in [0.29, 0.717) is 6.42 Å². The standard InChI is InChI=1S/C21H27NO/c23-21(20-12-6-2-7-13-20,18-19-10-4-1-5-11-19)14-17-22-15-8-3-9-16-22/h1-2,4-7,10-13,23H,3,8-9,14-18H2. The Kier molecular flexibility index (Phi) is 5.47. The average Bonchev–Trinajstić information content (AvgIpc) is 2.63. The molecule has 2 aromatic rings. The molecule has 1 fully saturated rings. The van der Waals surface area contributed by atoms with Crippen molar-refractivity contribution in [2.45, 2.75) is 37.7 Å². The third kappa shape index (κ3) is 4.43. The first-order valence-electron chi connectivity index (χ1n) is 8.80. The zero-order valence-corrected chi connectivity index (χ0v) is 13.8. The Bertz CT molecular complexity index is 577. The lowest BCUT2D eigenvalue weighted by molar-refractivity contribution is 0.0155. The van der Waals surface area contributed by atoms with Crippen molar-refractivity contribution < 1.29 is 5.11 Å². The summed E-state index contributed by atoms with van der Waals surface area (Å²) in [5.74, 6) is 0. The van der Waals surface area contributed by atoms with Crippen LogP contribution in [0.4, 0.5) is 0 Å². The number of likely N-dealkylation sites (tertiary alicyclic amines) is 1. The fourth-order valence-corrected chi connectivity index (χ4v) is 3.54. The molecule has 2 aromatic carbocycles. The predicted molar refractivity (Wildman–Crippen MR) is 95.4 cm³/mol. The van der Waals surface area contributed by atoms with E-state index in [2.05, 4.69) is 29.2 Å². The summed E-state index contributed by atoms with van der Waals surface area (Å²) in [5, 5.41) is 11.4. The molecule has 0 radical (unpaired) electrons. The van der Waals surface area contributed by atoms with E-state index in [-0.39, 0.29) is 0 Å². The van der Waals surface area contributed by atoms with Gasteiger partial charge in [-0.1, -0.05) is 67.1 Å². The number of benzene rings is 2. The van der Waals surface area contributed by atoms with Gasteiger partial charge in [0, 0.05) is 13.0 Å². The molecule has 2 heteroatoms. The minimum absolute atomic E-state index is 0.672. The van der Waals surface area contributed by atoms with Gasteiger partial charge in [0.15, 0.2) is 0 Å². The number of piperidine rings is 1. The zero-order chi connectivity index (χ0) is 16.0. The maximum absolute atomic E-state index is 11.4. The molecule has 0 amide bonds. The third-order valence-electron chi connectivity index (χ3n) is 4.94. The van der Waals surface area contributed by atoms with E-state index in [4.69, 9.17) is 0 Å². The molecule has 1 unspecified atom stereocenters. The first kappa shape index (κ1) is 16.2. The molecule has 0 bridgehead atoms. The smallest absolute Gasteiger partial charge is 0.0948 e. The van der Waals surface area contributed by atoms with Gasteiger partial charge in [-0.05, 0) is 43.5 Å². The van der Waals surface area contributed by atoms with Crippen LogP contribution in [0.1, 0.15) is 36.8 Å². The van der Waals surface area contributed by atoms with Crippen LogP contribution in [0.15, 0.2) is 60.7 Å². The van der Waals surface area contributed by atoms with Crippen molar-refractivity contribution in [2.75, 3.05) is 19.6 Å². The molecule has 1 saturated heterocycles. The molecule has 23 heavy (non-hydrogen) atoms. The van der Waals surface area contributed by atoms with Gasteiger partial charge in [0.05, 0.1) is 5.60 Å². The van der Waals surface area contributed by atoms with Crippen LogP contribution in [0.25, 0.3) is 0 Å². The van der Waals surface area contributed by atoms with Crippen molar-refractivity contribution in [2.24, 2.45) is 0 Å². The van der Waals surface area contributed by atoms with Gasteiger partial charge < -0.3 is 10.0 Å². The molecule has 3 rings (SSSR count). The highest BCUT2D eigenvalue weighted by atomic mass is 16.3. The average molecular weight is 309 g/mol. The highest BCUT2D eigenvalue weighted by Crippen LogP contribution is 2.30. The largest absolute Gasteiger partial charge is 0.385 e. The lowest BCUT2D eigenvalue weighted by Crippen LogP contribution is -2.37. The van der Waals surface area contributed by atoms with Gasteiger partial charge in [-0.25, -0.2) is 0 Å². The summed E-state index contributed by atoms with van der Waals surface area (Å²) in [4.78, 5) is 2.50. The van der Waals surface area contributed by atoms with Crippen LogP contribution in [0, 0.1) is 0 Å². The fourth-order valence-electron chi connectivity index (χ4n) is 3.54.